The highest BCUT2D eigenvalue weighted by atomic mass is 16.3. The summed E-state index contributed by atoms with van der Waals surface area (Å²) in [6.45, 7) is 8.12. The van der Waals surface area contributed by atoms with E-state index in [0.717, 1.165) is 43.6 Å². The molecular weight excluding hydrogens is 426 g/mol. The number of allylic oxidation sites excluding steroid dienone is 2. The summed E-state index contributed by atoms with van der Waals surface area (Å²) >= 11 is 0. The lowest BCUT2D eigenvalue weighted by atomic mass is 9.61. The van der Waals surface area contributed by atoms with Crippen LogP contribution < -0.4 is 5.32 Å². The third-order valence-electron chi connectivity index (χ3n) is 9.41. The van der Waals surface area contributed by atoms with Crippen LogP contribution in [0.15, 0.2) is 54.6 Å². The molecule has 0 radical (unpaired) electrons. The van der Waals surface area contributed by atoms with Gasteiger partial charge in [-0.3, -0.25) is 0 Å². The van der Waals surface area contributed by atoms with Gasteiger partial charge in [0.15, 0.2) is 0 Å². The Morgan fingerprint density at radius 1 is 1.03 bits per heavy atom. The monoisotopic (exact) mass is 471 g/mol. The molecule has 2 aromatic carbocycles. The number of nitrogens with one attached hydrogen (secondary N) is 1. The zero-order valence-corrected chi connectivity index (χ0v) is 22.1. The molecule has 3 aliphatic carbocycles. The molecule has 0 aromatic heterocycles. The van der Waals surface area contributed by atoms with Crippen LogP contribution in [0.3, 0.4) is 0 Å². The molecule has 0 spiro atoms. The van der Waals surface area contributed by atoms with Crippen LogP contribution in [0, 0.1) is 23.2 Å². The summed E-state index contributed by atoms with van der Waals surface area (Å²) in [4.78, 5) is 0. The first kappa shape index (κ1) is 24.6. The van der Waals surface area contributed by atoms with Gasteiger partial charge in [-0.2, -0.15) is 0 Å². The number of phenolic OH excluding ortho intramolecular Hbond substituents is 1. The second kappa shape index (κ2) is 10.5. The van der Waals surface area contributed by atoms with E-state index in [0.29, 0.717) is 23.1 Å². The number of hydrogen-bond donors (Lipinski definition) is 2. The highest BCUT2D eigenvalue weighted by Crippen LogP contribution is 2.48. The van der Waals surface area contributed by atoms with Crippen LogP contribution in [0.2, 0.25) is 0 Å². The molecule has 2 nitrogen and oxygen atoms in total. The van der Waals surface area contributed by atoms with Crippen LogP contribution in [0.25, 0.3) is 0 Å². The summed E-state index contributed by atoms with van der Waals surface area (Å²) < 4.78 is 0. The zero-order valence-electron chi connectivity index (χ0n) is 22.1. The van der Waals surface area contributed by atoms with Crippen molar-refractivity contribution in [2.24, 2.45) is 23.2 Å². The number of fused-ring (bicyclic) bond motifs is 1. The fourth-order valence-electron chi connectivity index (χ4n) is 7.80. The van der Waals surface area contributed by atoms with E-state index in [1.54, 1.807) is 0 Å². The summed E-state index contributed by atoms with van der Waals surface area (Å²) in [5, 5.41) is 14.4. The number of hydrogen-bond acceptors (Lipinski definition) is 2. The van der Waals surface area contributed by atoms with E-state index in [-0.39, 0.29) is 0 Å². The molecule has 3 aliphatic rings. The molecule has 188 valence electrons. The first-order chi connectivity index (χ1) is 16.9. The van der Waals surface area contributed by atoms with Crippen molar-refractivity contribution < 1.29 is 5.11 Å². The smallest absolute Gasteiger partial charge is 0.116 e. The first-order valence-corrected chi connectivity index (χ1v) is 14.3. The summed E-state index contributed by atoms with van der Waals surface area (Å²) in [7, 11) is 0. The van der Waals surface area contributed by atoms with Gasteiger partial charge in [-0.05, 0) is 109 Å². The summed E-state index contributed by atoms with van der Waals surface area (Å²) in [6, 6.07) is 15.9. The van der Waals surface area contributed by atoms with Gasteiger partial charge in [-0.25, -0.2) is 0 Å². The topological polar surface area (TPSA) is 32.3 Å². The van der Waals surface area contributed by atoms with Crippen molar-refractivity contribution >= 4 is 0 Å². The number of rotatable bonds is 6. The van der Waals surface area contributed by atoms with Crippen LogP contribution in [-0.4, -0.2) is 11.7 Å². The highest BCUT2D eigenvalue weighted by Gasteiger charge is 2.38. The van der Waals surface area contributed by atoms with Gasteiger partial charge in [0.1, 0.15) is 5.75 Å². The molecule has 6 atom stereocenters. The predicted octanol–water partition coefficient (Wildman–Crippen LogP) is 8.31. The molecule has 2 N–H and O–H groups in total. The number of phenols is 1. The van der Waals surface area contributed by atoms with Crippen LogP contribution in [0.4, 0.5) is 0 Å². The Labute approximate surface area is 213 Å². The summed E-state index contributed by atoms with van der Waals surface area (Å²) in [6.07, 6.45) is 16.3. The lowest BCUT2D eigenvalue weighted by molar-refractivity contribution is 0.119. The molecule has 0 heterocycles. The molecular formula is C33H45NO. The van der Waals surface area contributed by atoms with Gasteiger partial charge in [0.2, 0.25) is 0 Å². The van der Waals surface area contributed by atoms with Crippen molar-refractivity contribution in [3.63, 3.8) is 0 Å². The molecule has 2 aromatic rings. The third kappa shape index (κ3) is 5.38. The Kier molecular flexibility index (Phi) is 7.39. The summed E-state index contributed by atoms with van der Waals surface area (Å²) in [5.41, 5.74) is 5.87. The van der Waals surface area contributed by atoms with Crippen molar-refractivity contribution in [1.29, 1.82) is 0 Å². The van der Waals surface area contributed by atoms with Gasteiger partial charge < -0.3 is 10.4 Å². The molecule has 0 aliphatic heterocycles. The van der Waals surface area contributed by atoms with E-state index < -0.39 is 0 Å². The SMILES string of the molecule is CCN[C@H]1CC[C@H](c2cc(O)cc(C[C@@H]3CCC[C@@H]([C@@]4(C)C=CC[C@H](C)C4)C3)c2)c2ccccc21. The summed E-state index contributed by atoms with van der Waals surface area (Å²) in [5.74, 6) is 3.14. The number of aromatic hydroxyl groups is 1. The van der Waals surface area contributed by atoms with Gasteiger partial charge in [0, 0.05) is 12.0 Å². The Hall–Kier alpha value is -2.06. The minimum Gasteiger partial charge on any atom is -0.508 e. The second-order valence-electron chi connectivity index (χ2n) is 12.2. The number of benzene rings is 2. The van der Waals surface area contributed by atoms with Gasteiger partial charge in [-0.1, -0.05) is 76.1 Å². The van der Waals surface area contributed by atoms with Crippen molar-refractivity contribution in [2.45, 2.75) is 90.5 Å². The lowest BCUT2D eigenvalue weighted by Gasteiger charge is -2.43. The average molecular weight is 472 g/mol. The molecule has 2 heteroatoms. The van der Waals surface area contributed by atoms with E-state index in [1.165, 1.54) is 60.8 Å². The molecule has 0 amide bonds. The Bertz CT molecular complexity index is 1040. The molecule has 5 rings (SSSR count). The maximum Gasteiger partial charge on any atom is 0.116 e. The van der Waals surface area contributed by atoms with Crippen molar-refractivity contribution in [3.05, 3.63) is 76.9 Å². The largest absolute Gasteiger partial charge is 0.508 e. The molecule has 1 fully saturated rings. The molecule has 0 unspecified atom stereocenters. The Balaban J connectivity index is 1.34. The maximum atomic E-state index is 10.7. The minimum absolute atomic E-state index is 0.370. The van der Waals surface area contributed by atoms with Crippen LogP contribution in [0.5, 0.6) is 5.75 Å². The second-order valence-corrected chi connectivity index (χ2v) is 12.2. The fourth-order valence-corrected chi connectivity index (χ4v) is 7.80. The quantitative estimate of drug-likeness (QED) is 0.415. The molecule has 0 saturated heterocycles. The maximum absolute atomic E-state index is 10.7. The van der Waals surface area contributed by atoms with Gasteiger partial charge in [0.25, 0.3) is 0 Å². The fraction of sp³-hybridized carbons (Fsp3) is 0.576. The van der Waals surface area contributed by atoms with E-state index in [4.69, 9.17) is 0 Å². The van der Waals surface area contributed by atoms with E-state index >= 15 is 0 Å². The first-order valence-electron chi connectivity index (χ1n) is 14.3. The lowest BCUT2D eigenvalue weighted by Crippen LogP contribution is -2.33. The highest BCUT2D eigenvalue weighted by molar-refractivity contribution is 5.45. The Morgan fingerprint density at radius 2 is 1.86 bits per heavy atom. The molecule has 0 bridgehead atoms. The standard InChI is InChI=1S/C33H45NO/c1-4-34-32-15-14-29(30-12-5-6-13-31(30)32)26-18-25(20-28(35)21-26)17-24-10-7-11-27(19-24)33(3)16-8-9-23(2)22-33/h5-6,8,12-13,16,18,20-21,23-24,27,29,32,34-35H,4,7,9-11,14-15,17,19,22H2,1-3H3/t23-,24-,27+,29+,32-,33-/m0/s1. The Morgan fingerprint density at radius 3 is 2.66 bits per heavy atom. The molecule has 35 heavy (non-hydrogen) atoms. The van der Waals surface area contributed by atoms with Gasteiger partial charge >= 0.3 is 0 Å². The van der Waals surface area contributed by atoms with E-state index in [2.05, 4.69) is 68.6 Å². The van der Waals surface area contributed by atoms with Gasteiger partial charge in [0.05, 0.1) is 0 Å². The van der Waals surface area contributed by atoms with Crippen LogP contribution >= 0.6 is 0 Å². The van der Waals surface area contributed by atoms with Crippen molar-refractivity contribution in [1.82, 2.24) is 5.32 Å². The van der Waals surface area contributed by atoms with Crippen molar-refractivity contribution in [3.8, 4) is 5.75 Å². The minimum atomic E-state index is 0.370. The molecule has 1 saturated carbocycles. The van der Waals surface area contributed by atoms with Gasteiger partial charge in [-0.15, -0.1) is 0 Å². The van der Waals surface area contributed by atoms with Crippen LogP contribution in [-0.2, 0) is 6.42 Å². The predicted molar refractivity (Wildman–Crippen MR) is 147 cm³/mol. The average Bonchev–Trinajstić information content (AvgIpc) is 2.84. The zero-order chi connectivity index (χ0) is 24.4. The normalized spacial score (nSPS) is 32.8. The van der Waals surface area contributed by atoms with E-state index in [9.17, 15) is 5.11 Å². The van der Waals surface area contributed by atoms with Crippen LogP contribution in [0.1, 0.15) is 106 Å². The van der Waals surface area contributed by atoms with Crippen molar-refractivity contribution in [2.75, 3.05) is 6.54 Å². The van der Waals surface area contributed by atoms with E-state index in [1.807, 2.05) is 12.1 Å². The third-order valence-corrected chi connectivity index (χ3v) is 9.41.